The number of rotatable bonds is 6. The van der Waals surface area contributed by atoms with Gasteiger partial charge in [0, 0.05) is 12.1 Å². The van der Waals surface area contributed by atoms with E-state index in [9.17, 15) is 15.2 Å². The zero-order valence-electron chi connectivity index (χ0n) is 12.2. The lowest BCUT2D eigenvalue weighted by atomic mass is 10.2. The van der Waals surface area contributed by atoms with Crippen molar-refractivity contribution in [3.63, 3.8) is 0 Å². The lowest BCUT2D eigenvalue weighted by Gasteiger charge is -2.08. The number of benzene rings is 2. The smallest absolute Gasteiger partial charge is 0.269 e. The molecule has 0 aromatic heterocycles. The van der Waals surface area contributed by atoms with Gasteiger partial charge in [-0.3, -0.25) is 15.5 Å². The SMILES string of the molecule is CCOc1cc(/C=N/Nc2ccc([N+](=O)[O-])cc2)cc(I)c1O. The molecule has 120 valence electrons. The van der Waals surface area contributed by atoms with E-state index in [4.69, 9.17) is 4.74 Å². The Hall–Kier alpha value is -2.36. The van der Waals surface area contributed by atoms with E-state index in [2.05, 4.69) is 10.5 Å². The third-order valence-corrected chi connectivity index (χ3v) is 3.66. The molecule has 0 aliphatic heterocycles. The van der Waals surface area contributed by atoms with Crippen molar-refractivity contribution in [2.24, 2.45) is 5.10 Å². The zero-order chi connectivity index (χ0) is 16.8. The van der Waals surface area contributed by atoms with Crippen LogP contribution in [0.2, 0.25) is 0 Å². The van der Waals surface area contributed by atoms with E-state index in [1.807, 2.05) is 29.5 Å². The second-order valence-electron chi connectivity index (χ2n) is 4.46. The Kier molecular flexibility index (Phi) is 5.74. The molecule has 0 amide bonds. The summed E-state index contributed by atoms with van der Waals surface area (Å²) >= 11 is 2.01. The number of nitrogens with zero attached hydrogens (tertiary/aromatic N) is 2. The molecule has 2 N–H and O–H groups in total. The van der Waals surface area contributed by atoms with Gasteiger partial charge in [0.05, 0.1) is 27.0 Å². The maximum atomic E-state index is 10.6. The lowest BCUT2D eigenvalue weighted by Crippen LogP contribution is -1.96. The third kappa shape index (κ3) is 4.55. The second-order valence-corrected chi connectivity index (χ2v) is 5.62. The fourth-order valence-electron chi connectivity index (χ4n) is 1.77. The van der Waals surface area contributed by atoms with Crippen LogP contribution in [0.1, 0.15) is 12.5 Å². The molecule has 0 heterocycles. The largest absolute Gasteiger partial charge is 0.504 e. The highest BCUT2D eigenvalue weighted by Gasteiger charge is 2.08. The summed E-state index contributed by atoms with van der Waals surface area (Å²) < 4.78 is 6.02. The minimum atomic E-state index is -0.458. The summed E-state index contributed by atoms with van der Waals surface area (Å²) in [4.78, 5) is 10.1. The molecule has 0 saturated carbocycles. The number of phenolic OH excluding ortho intramolecular Hbond substituents is 1. The summed E-state index contributed by atoms with van der Waals surface area (Å²) in [5.74, 6) is 0.504. The number of non-ortho nitro benzene ring substituents is 1. The van der Waals surface area contributed by atoms with Gasteiger partial charge in [0.25, 0.3) is 5.69 Å². The number of nitro benzene ring substituents is 1. The quantitative estimate of drug-likeness (QED) is 0.317. The van der Waals surface area contributed by atoms with Gasteiger partial charge in [-0.1, -0.05) is 0 Å². The first-order valence-corrected chi connectivity index (χ1v) is 7.78. The molecule has 7 nitrogen and oxygen atoms in total. The third-order valence-electron chi connectivity index (χ3n) is 2.84. The minimum Gasteiger partial charge on any atom is -0.504 e. The molecular formula is C15H14IN3O4. The summed E-state index contributed by atoms with van der Waals surface area (Å²) in [7, 11) is 0. The molecule has 8 heteroatoms. The number of hydrazone groups is 1. The predicted molar refractivity (Wildman–Crippen MR) is 96.3 cm³/mol. The van der Waals surface area contributed by atoms with Crippen molar-refractivity contribution in [1.29, 1.82) is 0 Å². The van der Waals surface area contributed by atoms with Gasteiger partial charge in [-0.05, 0) is 59.3 Å². The normalized spacial score (nSPS) is 10.7. The molecule has 0 fully saturated rings. The Balaban J connectivity index is 2.09. The van der Waals surface area contributed by atoms with Crippen LogP contribution < -0.4 is 10.2 Å². The lowest BCUT2D eigenvalue weighted by molar-refractivity contribution is -0.384. The Morgan fingerprint density at radius 3 is 2.70 bits per heavy atom. The van der Waals surface area contributed by atoms with E-state index >= 15 is 0 Å². The van der Waals surface area contributed by atoms with Crippen molar-refractivity contribution in [3.8, 4) is 11.5 Å². The molecule has 2 aromatic rings. The van der Waals surface area contributed by atoms with Gasteiger partial charge < -0.3 is 9.84 Å². The van der Waals surface area contributed by atoms with Crippen LogP contribution in [0.5, 0.6) is 11.5 Å². The fourth-order valence-corrected chi connectivity index (χ4v) is 2.40. The van der Waals surface area contributed by atoms with Crippen LogP contribution >= 0.6 is 22.6 Å². The van der Waals surface area contributed by atoms with E-state index in [1.165, 1.54) is 12.1 Å². The molecular weight excluding hydrogens is 413 g/mol. The van der Waals surface area contributed by atoms with Crippen molar-refractivity contribution in [1.82, 2.24) is 0 Å². The van der Waals surface area contributed by atoms with Gasteiger partial charge in [0.2, 0.25) is 0 Å². The fraction of sp³-hybridized carbons (Fsp3) is 0.133. The van der Waals surface area contributed by atoms with Crippen LogP contribution in [-0.2, 0) is 0 Å². The zero-order valence-corrected chi connectivity index (χ0v) is 14.4. The van der Waals surface area contributed by atoms with Gasteiger partial charge >= 0.3 is 0 Å². The standard InChI is InChI=1S/C15H14IN3O4/c1-2-23-14-8-10(7-13(16)15(14)20)9-17-18-11-3-5-12(6-4-11)19(21)22/h3-9,18,20H,2H2,1H3/b17-9+. The van der Waals surface area contributed by atoms with Crippen LogP contribution in [-0.4, -0.2) is 22.9 Å². The van der Waals surface area contributed by atoms with Crippen LogP contribution in [0, 0.1) is 13.7 Å². The molecule has 2 aromatic carbocycles. The number of anilines is 1. The number of hydrogen-bond donors (Lipinski definition) is 2. The molecule has 0 radical (unpaired) electrons. The maximum absolute atomic E-state index is 10.6. The topological polar surface area (TPSA) is 97.0 Å². The Morgan fingerprint density at radius 2 is 2.09 bits per heavy atom. The first-order valence-electron chi connectivity index (χ1n) is 6.70. The highest BCUT2D eigenvalue weighted by atomic mass is 127. The predicted octanol–water partition coefficient (Wildman–Crippen LogP) is 3.75. The molecule has 0 saturated heterocycles. The Bertz CT molecular complexity index is 732. The first kappa shape index (κ1) is 17.0. The number of aromatic hydroxyl groups is 1. The number of nitro groups is 1. The van der Waals surface area contributed by atoms with Gasteiger partial charge in [0.15, 0.2) is 11.5 Å². The van der Waals surface area contributed by atoms with Crippen molar-refractivity contribution < 1.29 is 14.8 Å². The van der Waals surface area contributed by atoms with Gasteiger partial charge in [-0.25, -0.2) is 0 Å². The van der Waals surface area contributed by atoms with Crippen LogP contribution in [0.25, 0.3) is 0 Å². The Morgan fingerprint density at radius 1 is 1.39 bits per heavy atom. The molecule has 2 rings (SSSR count). The number of hydrogen-bond acceptors (Lipinski definition) is 6. The molecule has 0 bridgehead atoms. The summed E-state index contributed by atoms with van der Waals surface area (Å²) in [6.07, 6.45) is 1.57. The van der Waals surface area contributed by atoms with E-state index in [1.54, 1.807) is 30.5 Å². The summed E-state index contributed by atoms with van der Waals surface area (Å²) in [5, 5.41) is 24.5. The molecule has 0 aliphatic rings. The average Bonchev–Trinajstić information content (AvgIpc) is 2.53. The van der Waals surface area contributed by atoms with Gasteiger partial charge in [-0.15, -0.1) is 0 Å². The van der Waals surface area contributed by atoms with E-state index in [0.29, 0.717) is 21.6 Å². The van der Waals surface area contributed by atoms with Crippen molar-refractivity contribution in [3.05, 3.63) is 55.6 Å². The van der Waals surface area contributed by atoms with Crippen LogP contribution in [0.4, 0.5) is 11.4 Å². The van der Waals surface area contributed by atoms with Crippen molar-refractivity contribution in [2.45, 2.75) is 6.92 Å². The number of ether oxygens (including phenoxy) is 1. The summed E-state index contributed by atoms with van der Waals surface area (Å²) in [6, 6.07) is 9.38. The monoisotopic (exact) mass is 427 g/mol. The second kappa shape index (κ2) is 7.77. The average molecular weight is 427 g/mol. The van der Waals surface area contributed by atoms with E-state index in [0.717, 1.165) is 5.56 Å². The summed E-state index contributed by atoms with van der Waals surface area (Å²) in [6.45, 7) is 2.29. The van der Waals surface area contributed by atoms with E-state index in [-0.39, 0.29) is 11.4 Å². The highest BCUT2D eigenvalue weighted by molar-refractivity contribution is 14.1. The van der Waals surface area contributed by atoms with Gasteiger partial charge in [-0.2, -0.15) is 5.10 Å². The van der Waals surface area contributed by atoms with Crippen LogP contribution in [0.15, 0.2) is 41.5 Å². The van der Waals surface area contributed by atoms with Crippen molar-refractivity contribution in [2.75, 3.05) is 12.0 Å². The Labute approximate surface area is 146 Å². The number of phenols is 1. The molecule has 23 heavy (non-hydrogen) atoms. The van der Waals surface area contributed by atoms with Crippen LogP contribution in [0.3, 0.4) is 0 Å². The molecule has 0 atom stereocenters. The minimum absolute atomic E-state index is 0.0222. The van der Waals surface area contributed by atoms with Gasteiger partial charge in [0.1, 0.15) is 0 Å². The molecule has 0 spiro atoms. The first-order chi connectivity index (χ1) is 11.0. The molecule has 0 aliphatic carbocycles. The van der Waals surface area contributed by atoms with Crippen molar-refractivity contribution >= 4 is 40.2 Å². The number of nitrogens with one attached hydrogen (secondary N) is 1. The maximum Gasteiger partial charge on any atom is 0.269 e. The van der Waals surface area contributed by atoms with E-state index < -0.39 is 4.92 Å². The highest BCUT2D eigenvalue weighted by Crippen LogP contribution is 2.32. The number of halogens is 1. The molecule has 0 unspecified atom stereocenters. The summed E-state index contributed by atoms with van der Waals surface area (Å²) in [5.41, 5.74) is 4.19.